The van der Waals surface area contributed by atoms with E-state index in [-0.39, 0.29) is 22.5 Å². The maximum absolute atomic E-state index is 12.9. The number of thiophene rings is 1. The van der Waals surface area contributed by atoms with Crippen LogP contribution in [0.25, 0.3) is 0 Å². The summed E-state index contributed by atoms with van der Waals surface area (Å²) in [5, 5.41) is 9.64. The number of nitrogens with zero attached hydrogens (tertiary/aromatic N) is 1. The summed E-state index contributed by atoms with van der Waals surface area (Å²) >= 11 is 1.64. The summed E-state index contributed by atoms with van der Waals surface area (Å²) in [6.07, 6.45) is 1.11. The fourth-order valence-electron chi connectivity index (χ4n) is 3.48. The highest BCUT2D eigenvalue weighted by Gasteiger charge is 2.43. The molecule has 0 fully saturated rings. The molecule has 0 aromatic carbocycles. The van der Waals surface area contributed by atoms with Gasteiger partial charge in [0.2, 0.25) is 5.88 Å². The molecule has 0 amide bonds. The molecule has 2 heterocycles. The zero-order chi connectivity index (χ0) is 18.6. The lowest BCUT2D eigenvalue weighted by Crippen LogP contribution is -2.33. The molecule has 0 saturated carbocycles. The first-order valence-corrected chi connectivity index (χ1v) is 9.29. The van der Waals surface area contributed by atoms with Crippen LogP contribution in [0.4, 0.5) is 0 Å². The van der Waals surface area contributed by atoms with Crippen molar-refractivity contribution in [2.75, 3.05) is 0 Å². The van der Waals surface area contributed by atoms with Gasteiger partial charge in [0.25, 0.3) is 0 Å². The minimum Gasteiger partial charge on any atom is -0.444 e. The fourth-order valence-corrected chi connectivity index (χ4v) is 4.67. The average Bonchev–Trinajstić information content (AvgIpc) is 2.93. The van der Waals surface area contributed by atoms with Crippen LogP contribution in [0.2, 0.25) is 0 Å². The summed E-state index contributed by atoms with van der Waals surface area (Å²) in [7, 11) is 0. The van der Waals surface area contributed by atoms with Crippen molar-refractivity contribution >= 4 is 17.1 Å². The van der Waals surface area contributed by atoms with E-state index >= 15 is 0 Å². The van der Waals surface area contributed by atoms with Gasteiger partial charge < -0.3 is 10.5 Å². The van der Waals surface area contributed by atoms with Crippen molar-refractivity contribution in [2.45, 2.75) is 58.8 Å². The highest BCUT2D eigenvalue weighted by atomic mass is 32.1. The lowest BCUT2D eigenvalue weighted by molar-refractivity contribution is -0.119. The van der Waals surface area contributed by atoms with Gasteiger partial charge in [0.15, 0.2) is 5.78 Å². The molecule has 0 saturated heterocycles. The first-order chi connectivity index (χ1) is 11.5. The quantitative estimate of drug-likeness (QED) is 0.804. The molecule has 2 N–H and O–H groups in total. The second kappa shape index (κ2) is 5.74. The van der Waals surface area contributed by atoms with Gasteiger partial charge in [-0.2, -0.15) is 5.26 Å². The Hall–Kier alpha value is -2.06. The number of ketones is 1. The Morgan fingerprint density at radius 3 is 2.56 bits per heavy atom. The van der Waals surface area contributed by atoms with E-state index in [1.54, 1.807) is 11.3 Å². The molecule has 1 aromatic rings. The van der Waals surface area contributed by atoms with Crippen molar-refractivity contribution < 1.29 is 9.53 Å². The van der Waals surface area contributed by atoms with Crippen LogP contribution in [0.1, 0.15) is 63.1 Å². The van der Waals surface area contributed by atoms with Crippen LogP contribution in [0.15, 0.2) is 34.9 Å². The van der Waals surface area contributed by atoms with Crippen LogP contribution in [-0.4, -0.2) is 5.78 Å². The maximum atomic E-state index is 12.9. The highest BCUT2D eigenvalue weighted by Crippen LogP contribution is 2.49. The van der Waals surface area contributed by atoms with Crippen molar-refractivity contribution in [3.63, 3.8) is 0 Å². The van der Waals surface area contributed by atoms with Gasteiger partial charge in [-0.15, -0.1) is 11.3 Å². The first-order valence-electron chi connectivity index (χ1n) is 8.47. The Morgan fingerprint density at radius 2 is 2.00 bits per heavy atom. The fraction of sp³-hybridized carbons (Fsp3) is 0.500. The molecule has 25 heavy (non-hydrogen) atoms. The molecule has 5 heteroatoms. The maximum Gasteiger partial charge on any atom is 0.205 e. The second-order valence-electron chi connectivity index (χ2n) is 8.65. The number of Topliss-reactive ketones (excluding diaryl/α,β-unsaturated/α-hetero) is 1. The number of nitriles is 1. The van der Waals surface area contributed by atoms with Crippen LogP contribution in [0, 0.1) is 16.7 Å². The van der Waals surface area contributed by atoms with Gasteiger partial charge in [0, 0.05) is 28.2 Å². The summed E-state index contributed by atoms with van der Waals surface area (Å²) in [5.74, 6) is 0.413. The standard InChI is InChI=1S/C20H24N2O2S/c1-19(2,3)15-7-6-14(25-15)16-11(10-21)18(22)24-13-9-20(4,5)8-12(23)17(13)16/h6-7,16H,8-9,22H2,1-5H3. The van der Waals surface area contributed by atoms with Gasteiger partial charge in [-0.1, -0.05) is 34.6 Å². The Morgan fingerprint density at radius 1 is 1.32 bits per heavy atom. The van der Waals surface area contributed by atoms with E-state index in [2.05, 4.69) is 46.8 Å². The van der Waals surface area contributed by atoms with Crippen molar-refractivity contribution in [1.82, 2.24) is 0 Å². The molecule has 1 aliphatic heterocycles. The Balaban J connectivity index is 2.15. The summed E-state index contributed by atoms with van der Waals surface area (Å²) < 4.78 is 5.72. The van der Waals surface area contributed by atoms with Gasteiger partial charge in [-0.25, -0.2) is 0 Å². The van der Waals surface area contributed by atoms with E-state index in [0.717, 1.165) is 4.88 Å². The normalized spacial score (nSPS) is 23.2. The molecule has 0 spiro atoms. The van der Waals surface area contributed by atoms with Crippen LogP contribution >= 0.6 is 11.3 Å². The molecule has 1 unspecified atom stereocenters. The largest absolute Gasteiger partial charge is 0.444 e. The lowest BCUT2D eigenvalue weighted by Gasteiger charge is -2.36. The first kappa shape index (κ1) is 17.8. The van der Waals surface area contributed by atoms with E-state index in [1.165, 1.54) is 4.88 Å². The van der Waals surface area contributed by atoms with Crippen LogP contribution < -0.4 is 5.73 Å². The molecule has 2 aliphatic rings. The Kier molecular flexibility index (Phi) is 4.08. The minimum atomic E-state index is -0.404. The molecule has 132 valence electrons. The Bertz CT molecular complexity index is 844. The number of hydrogen-bond acceptors (Lipinski definition) is 5. The third-order valence-electron chi connectivity index (χ3n) is 4.73. The van der Waals surface area contributed by atoms with Gasteiger partial charge in [-0.05, 0) is 23.0 Å². The van der Waals surface area contributed by atoms with Gasteiger partial charge in [0.05, 0.1) is 5.92 Å². The van der Waals surface area contributed by atoms with E-state index in [1.807, 2.05) is 6.07 Å². The van der Waals surface area contributed by atoms with E-state index in [9.17, 15) is 10.1 Å². The van der Waals surface area contributed by atoms with Crippen LogP contribution in [0.5, 0.6) is 0 Å². The summed E-state index contributed by atoms with van der Waals surface area (Å²) in [4.78, 5) is 15.1. The van der Waals surface area contributed by atoms with Gasteiger partial charge in [-0.3, -0.25) is 4.79 Å². The molecule has 1 aromatic heterocycles. The third-order valence-corrected chi connectivity index (χ3v) is 6.30. The average molecular weight is 356 g/mol. The Labute approximate surface area is 153 Å². The zero-order valence-corrected chi connectivity index (χ0v) is 16.2. The number of carbonyl (C=O) groups excluding carboxylic acids is 1. The van der Waals surface area contributed by atoms with E-state index in [0.29, 0.717) is 29.7 Å². The van der Waals surface area contributed by atoms with Crippen molar-refractivity contribution in [2.24, 2.45) is 11.1 Å². The number of allylic oxidation sites excluding steroid dienone is 3. The van der Waals surface area contributed by atoms with Crippen molar-refractivity contribution in [3.8, 4) is 6.07 Å². The predicted octanol–water partition coefficient (Wildman–Crippen LogP) is 4.50. The lowest BCUT2D eigenvalue weighted by atomic mass is 9.71. The monoisotopic (exact) mass is 356 g/mol. The van der Waals surface area contributed by atoms with Gasteiger partial charge in [0.1, 0.15) is 17.4 Å². The summed E-state index contributed by atoms with van der Waals surface area (Å²) in [6.45, 7) is 10.6. The van der Waals surface area contributed by atoms with Gasteiger partial charge >= 0.3 is 0 Å². The molecule has 4 nitrogen and oxygen atoms in total. The number of nitrogens with two attached hydrogens (primary N) is 1. The zero-order valence-electron chi connectivity index (χ0n) is 15.4. The molecular weight excluding hydrogens is 332 g/mol. The number of hydrogen-bond donors (Lipinski definition) is 1. The molecule has 1 atom stereocenters. The van der Waals surface area contributed by atoms with Crippen LogP contribution in [0.3, 0.4) is 0 Å². The summed E-state index contributed by atoms with van der Waals surface area (Å²) in [5.41, 5.74) is 6.87. The number of carbonyl (C=O) groups is 1. The predicted molar refractivity (Wildman–Crippen MR) is 98.7 cm³/mol. The van der Waals surface area contributed by atoms with E-state index in [4.69, 9.17) is 10.5 Å². The molecular formula is C20H24N2O2S. The summed E-state index contributed by atoms with van der Waals surface area (Å²) in [6, 6.07) is 6.27. The molecule has 0 radical (unpaired) electrons. The number of rotatable bonds is 1. The number of ether oxygens (including phenoxy) is 1. The second-order valence-corrected chi connectivity index (χ2v) is 9.77. The SMILES string of the molecule is CC1(C)CC(=O)C2=C(C1)OC(N)=C(C#N)C2c1ccc(C(C)(C)C)s1. The smallest absolute Gasteiger partial charge is 0.205 e. The topological polar surface area (TPSA) is 76.1 Å². The minimum absolute atomic E-state index is 0.0198. The van der Waals surface area contributed by atoms with Crippen molar-refractivity contribution in [3.05, 3.63) is 44.7 Å². The molecule has 1 aliphatic carbocycles. The molecule has 3 rings (SSSR count). The highest BCUT2D eigenvalue weighted by molar-refractivity contribution is 7.12. The third kappa shape index (κ3) is 3.11. The molecule has 0 bridgehead atoms. The van der Waals surface area contributed by atoms with E-state index < -0.39 is 5.92 Å². The van der Waals surface area contributed by atoms with Crippen LogP contribution in [-0.2, 0) is 14.9 Å². The van der Waals surface area contributed by atoms with Crippen molar-refractivity contribution in [1.29, 1.82) is 5.26 Å².